The summed E-state index contributed by atoms with van der Waals surface area (Å²) in [5, 5.41) is 3.12. The quantitative estimate of drug-likeness (QED) is 0.700. The van der Waals surface area contributed by atoms with Gasteiger partial charge in [-0.05, 0) is 56.2 Å². The Morgan fingerprint density at radius 1 is 1.04 bits per heavy atom. The molecule has 6 heteroatoms. The summed E-state index contributed by atoms with van der Waals surface area (Å²) in [6.45, 7) is 3.56. The second kappa shape index (κ2) is 7.23. The number of hydrogen-bond donors (Lipinski definition) is 1. The molecule has 1 N–H and O–H groups in total. The van der Waals surface area contributed by atoms with Gasteiger partial charge in [0, 0.05) is 23.0 Å². The number of carbonyl (C=O) groups excluding carboxylic acids is 2. The summed E-state index contributed by atoms with van der Waals surface area (Å²) in [7, 11) is 0. The number of fused-ring (bicyclic) bond motifs is 1. The molecule has 1 atom stereocenters. The van der Waals surface area contributed by atoms with E-state index in [2.05, 4.69) is 21.4 Å². The van der Waals surface area contributed by atoms with E-state index in [-0.39, 0.29) is 17.7 Å². The van der Waals surface area contributed by atoms with E-state index in [1.807, 2.05) is 25.1 Å². The van der Waals surface area contributed by atoms with Crippen molar-refractivity contribution >= 4 is 28.9 Å². The van der Waals surface area contributed by atoms with Crippen LogP contribution in [0, 0.1) is 0 Å². The van der Waals surface area contributed by atoms with Crippen LogP contribution in [0.2, 0.25) is 0 Å². The third-order valence-corrected chi connectivity index (χ3v) is 4.86. The molecule has 1 aliphatic rings. The first-order valence-electron chi connectivity index (χ1n) is 9.14. The second-order valence-electron chi connectivity index (χ2n) is 6.90. The second-order valence-corrected chi connectivity index (χ2v) is 6.90. The highest BCUT2D eigenvalue weighted by Gasteiger charge is 2.31. The normalized spacial score (nSPS) is 15.2. The number of aromatic nitrogens is 2. The first-order chi connectivity index (χ1) is 13.5. The predicted octanol–water partition coefficient (Wildman–Crippen LogP) is 4.01. The molecule has 28 heavy (non-hydrogen) atoms. The van der Waals surface area contributed by atoms with Crippen LogP contribution in [0.5, 0.6) is 0 Å². The van der Waals surface area contributed by atoms with Crippen LogP contribution in [0.3, 0.4) is 0 Å². The van der Waals surface area contributed by atoms with Crippen molar-refractivity contribution < 1.29 is 9.59 Å². The van der Waals surface area contributed by atoms with Crippen molar-refractivity contribution in [1.82, 2.24) is 9.97 Å². The lowest BCUT2D eigenvalue weighted by Crippen LogP contribution is -2.36. The lowest BCUT2D eigenvalue weighted by atomic mass is 10.1. The molecule has 1 aliphatic heterocycles. The van der Waals surface area contributed by atoms with Crippen LogP contribution in [-0.4, -0.2) is 27.7 Å². The van der Waals surface area contributed by atoms with E-state index in [1.54, 1.807) is 35.4 Å². The molecule has 0 spiro atoms. The summed E-state index contributed by atoms with van der Waals surface area (Å²) < 4.78 is 0. The first-order valence-corrected chi connectivity index (χ1v) is 9.14. The van der Waals surface area contributed by atoms with Gasteiger partial charge in [-0.3, -0.25) is 9.59 Å². The van der Waals surface area contributed by atoms with Gasteiger partial charge in [-0.15, -0.1) is 0 Å². The molecule has 0 saturated heterocycles. The van der Waals surface area contributed by atoms with Gasteiger partial charge in [0.25, 0.3) is 5.91 Å². The molecular weight excluding hydrogens is 352 g/mol. The van der Waals surface area contributed by atoms with Crippen LogP contribution < -0.4 is 10.2 Å². The number of nitrogens with one attached hydrogen (secondary N) is 1. The fourth-order valence-electron chi connectivity index (χ4n) is 3.44. The van der Waals surface area contributed by atoms with Crippen LogP contribution in [0.1, 0.15) is 40.3 Å². The Bertz CT molecular complexity index is 1030. The van der Waals surface area contributed by atoms with E-state index < -0.39 is 0 Å². The van der Waals surface area contributed by atoms with E-state index in [0.717, 1.165) is 17.8 Å². The van der Waals surface area contributed by atoms with Crippen LogP contribution >= 0.6 is 0 Å². The first kappa shape index (κ1) is 17.9. The predicted molar refractivity (Wildman–Crippen MR) is 108 cm³/mol. The lowest BCUT2D eigenvalue weighted by Gasteiger charge is -2.22. The number of benzene rings is 2. The summed E-state index contributed by atoms with van der Waals surface area (Å²) in [5.74, 6) is 0.399. The van der Waals surface area contributed by atoms with E-state index in [0.29, 0.717) is 17.1 Å². The number of amides is 1. The molecule has 0 bridgehead atoms. The Labute approximate surface area is 163 Å². The van der Waals surface area contributed by atoms with Crippen LogP contribution in [0.4, 0.5) is 17.2 Å². The summed E-state index contributed by atoms with van der Waals surface area (Å²) in [6.07, 6.45) is 3.87. The molecule has 1 unspecified atom stereocenters. The summed E-state index contributed by atoms with van der Waals surface area (Å²) in [4.78, 5) is 34.7. The smallest absolute Gasteiger partial charge is 0.278 e. The fourth-order valence-corrected chi connectivity index (χ4v) is 3.44. The maximum atomic E-state index is 13.0. The molecule has 2 heterocycles. The number of anilines is 3. The van der Waals surface area contributed by atoms with Crippen molar-refractivity contribution in [2.45, 2.75) is 26.3 Å². The highest BCUT2D eigenvalue weighted by molar-refractivity contribution is 6.06. The van der Waals surface area contributed by atoms with Gasteiger partial charge < -0.3 is 10.2 Å². The standard InChI is InChI=1S/C22H20N4O2/c1-14-11-17-5-3-4-6-20(17)26(14)22(28)19-12-24-21(13-23-19)25-18-9-7-16(8-10-18)15(2)27/h3-10,12-14H,11H2,1-2H3,(H,24,25). The highest BCUT2D eigenvalue weighted by atomic mass is 16.2. The Morgan fingerprint density at radius 2 is 1.79 bits per heavy atom. The third-order valence-electron chi connectivity index (χ3n) is 4.86. The van der Waals surface area contributed by atoms with Crippen molar-refractivity contribution in [3.63, 3.8) is 0 Å². The van der Waals surface area contributed by atoms with Crippen molar-refractivity contribution in [3.05, 3.63) is 77.7 Å². The topological polar surface area (TPSA) is 75.2 Å². The molecule has 4 rings (SSSR count). The Balaban J connectivity index is 1.50. The molecule has 0 aliphatic carbocycles. The van der Waals surface area contributed by atoms with Gasteiger partial charge in [0.05, 0.1) is 12.4 Å². The van der Waals surface area contributed by atoms with E-state index in [9.17, 15) is 9.59 Å². The molecule has 0 radical (unpaired) electrons. The number of nitrogens with zero attached hydrogens (tertiary/aromatic N) is 3. The van der Waals surface area contributed by atoms with Crippen molar-refractivity contribution in [3.8, 4) is 0 Å². The molecule has 1 aromatic heterocycles. The molecule has 140 valence electrons. The van der Waals surface area contributed by atoms with Gasteiger partial charge in [0.2, 0.25) is 0 Å². The van der Waals surface area contributed by atoms with Gasteiger partial charge in [-0.25, -0.2) is 9.97 Å². The number of Topliss-reactive ketones (excluding diaryl/α,β-unsaturated/α-hetero) is 1. The van der Waals surface area contributed by atoms with E-state index >= 15 is 0 Å². The zero-order valence-corrected chi connectivity index (χ0v) is 15.7. The monoisotopic (exact) mass is 372 g/mol. The molecule has 0 saturated carbocycles. The summed E-state index contributed by atoms with van der Waals surface area (Å²) >= 11 is 0. The number of carbonyl (C=O) groups is 2. The fraction of sp³-hybridized carbons (Fsp3) is 0.182. The maximum Gasteiger partial charge on any atom is 0.278 e. The minimum absolute atomic E-state index is 0.0203. The highest BCUT2D eigenvalue weighted by Crippen LogP contribution is 2.32. The van der Waals surface area contributed by atoms with Crippen molar-refractivity contribution in [1.29, 1.82) is 0 Å². The van der Waals surface area contributed by atoms with Crippen LogP contribution in [0.15, 0.2) is 60.9 Å². The minimum Gasteiger partial charge on any atom is -0.339 e. The van der Waals surface area contributed by atoms with Gasteiger partial charge in [0.15, 0.2) is 5.78 Å². The minimum atomic E-state index is -0.151. The number of hydrogen-bond acceptors (Lipinski definition) is 5. The molecule has 6 nitrogen and oxygen atoms in total. The molecular formula is C22H20N4O2. The zero-order chi connectivity index (χ0) is 19.7. The number of rotatable bonds is 4. The van der Waals surface area contributed by atoms with Crippen molar-refractivity contribution in [2.75, 3.05) is 10.2 Å². The Kier molecular flexibility index (Phi) is 4.61. The molecule has 2 aromatic carbocycles. The lowest BCUT2D eigenvalue weighted by molar-refractivity contribution is 0.0974. The SMILES string of the molecule is CC(=O)c1ccc(Nc2cnc(C(=O)N3c4ccccc4CC3C)cn2)cc1. The number of para-hydroxylation sites is 1. The third kappa shape index (κ3) is 3.36. The molecule has 1 amide bonds. The summed E-state index contributed by atoms with van der Waals surface area (Å²) in [6, 6.07) is 15.1. The maximum absolute atomic E-state index is 13.0. The average molecular weight is 372 g/mol. The zero-order valence-electron chi connectivity index (χ0n) is 15.7. The molecule has 0 fully saturated rings. The van der Waals surface area contributed by atoms with Gasteiger partial charge >= 0.3 is 0 Å². The van der Waals surface area contributed by atoms with E-state index in [4.69, 9.17) is 0 Å². The van der Waals surface area contributed by atoms with Gasteiger partial charge in [0.1, 0.15) is 11.5 Å². The van der Waals surface area contributed by atoms with Gasteiger partial charge in [-0.1, -0.05) is 18.2 Å². The van der Waals surface area contributed by atoms with Crippen LogP contribution in [0.25, 0.3) is 0 Å². The largest absolute Gasteiger partial charge is 0.339 e. The summed E-state index contributed by atoms with van der Waals surface area (Å²) in [5.41, 5.74) is 3.86. The Hall–Kier alpha value is -3.54. The van der Waals surface area contributed by atoms with Gasteiger partial charge in [-0.2, -0.15) is 0 Å². The van der Waals surface area contributed by atoms with E-state index in [1.165, 1.54) is 18.7 Å². The number of ketones is 1. The average Bonchev–Trinajstić information content (AvgIpc) is 3.04. The van der Waals surface area contributed by atoms with Crippen molar-refractivity contribution in [2.24, 2.45) is 0 Å². The van der Waals surface area contributed by atoms with Crippen LogP contribution in [-0.2, 0) is 6.42 Å². The Morgan fingerprint density at radius 3 is 2.46 bits per heavy atom. The molecule has 3 aromatic rings.